The summed E-state index contributed by atoms with van der Waals surface area (Å²) >= 11 is 0. The summed E-state index contributed by atoms with van der Waals surface area (Å²) in [5.41, 5.74) is 0.938. The van der Waals surface area contributed by atoms with Crippen LogP contribution in [0.25, 0.3) is 0 Å². The second kappa shape index (κ2) is 7.06. The molecule has 0 heterocycles. The number of urea groups is 1. The minimum atomic E-state index is -1.11. The lowest BCUT2D eigenvalue weighted by molar-refractivity contribution is -0.157. The Bertz CT molecular complexity index is 625. The number of hydrogen-bond donors (Lipinski definition) is 3. The molecule has 25 heavy (non-hydrogen) atoms. The van der Waals surface area contributed by atoms with Gasteiger partial charge in [-0.2, -0.15) is 0 Å². The maximum absolute atomic E-state index is 12.3. The van der Waals surface area contributed by atoms with Crippen molar-refractivity contribution in [1.82, 2.24) is 5.32 Å². The fourth-order valence-corrected chi connectivity index (χ4v) is 4.60. The minimum Gasteiger partial charge on any atom is -0.480 e. The third-order valence-electron chi connectivity index (χ3n) is 5.78. The number of hydrogen-bond acceptors (Lipinski definition) is 2. The Labute approximate surface area is 149 Å². The molecule has 0 aliphatic heterocycles. The van der Waals surface area contributed by atoms with E-state index in [1.165, 1.54) is 24.8 Å². The van der Waals surface area contributed by atoms with Crippen molar-refractivity contribution in [2.24, 2.45) is 5.41 Å². The number of anilines is 1. The molecular formula is C20H28N2O3. The number of carbonyl (C=O) groups excluding carboxylic acids is 1. The molecule has 2 amide bonds. The van der Waals surface area contributed by atoms with Crippen molar-refractivity contribution in [3.05, 3.63) is 29.8 Å². The Balaban J connectivity index is 1.59. The van der Waals surface area contributed by atoms with E-state index in [1.807, 2.05) is 24.3 Å². The molecule has 0 unspecified atom stereocenters. The van der Waals surface area contributed by atoms with Gasteiger partial charge < -0.3 is 15.7 Å². The second-order valence-corrected chi connectivity index (χ2v) is 7.83. The summed E-state index contributed by atoms with van der Waals surface area (Å²) in [5.74, 6) is -0.919. The number of amides is 2. The number of carboxylic acid groups (broad SMARTS) is 1. The van der Waals surface area contributed by atoms with E-state index in [0.717, 1.165) is 25.7 Å². The monoisotopic (exact) mass is 344 g/mol. The SMILES string of the molecule is CCCc1ccc(NC(=O)NC2(C(=O)O)CC3(CCCCC3)C2)cc1. The van der Waals surface area contributed by atoms with Gasteiger partial charge in [0.2, 0.25) is 0 Å². The summed E-state index contributed by atoms with van der Waals surface area (Å²) in [7, 11) is 0. The molecule has 2 fully saturated rings. The third-order valence-corrected chi connectivity index (χ3v) is 5.78. The number of nitrogens with one attached hydrogen (secondary N) is 2. The van der Waals surface area contributed by atoms with Crippen LogP contribution in [-0.4, -0.2) is 22.6 Å². The molecule has 0 saturated heterocycles. The number of benzene rings is 1. The van der Waals surface area contributed by atoms with Crippen molar-refractivity contribution < 1.29 is 14.7 Å². The van der Waals surface area contributed by atoms with Gasteiger partial charge in [0, 0.05) is 5.69 Å². The van der Waals surface area contributed by atoms with Gasteiger partial charge in [0.25, 0.3) is 0 Å². The van der Waals surface area contributed by atoms with Crippen molar-refractivity contribution in [2.45, 2.75) is 70.3 Å². The van der Waals surface area contributed by atoms with Gasteiger partial charge in [-0.15, -0.1) is 0 Å². The zero-order valence-corrected chi connectivity index (χ0v) is 14.9. The Morgan fingerprint density at radius 3 is 2.28 bits per heavy atom. The van der Waals surface area contributed by atoms with Gasteiger partial charge in [-0.1, -0.05) is 44.7 Å². The van der Waals surface area contributed by atoms with Crippen LogP contribution < -0.4 is 10.6 Å². The summed E-state index contributed by atoms with van der Waals surface area (Å²) in [5, 5.41) is 15.2. The highest BCUT2D eigenvalue weighted by Crippen LogP contribution is 2.56. The second-order valence-electron chi connectivity index (χ2n) is 7.83. The van der Waals surface area contributed by atoms with Crippen LogP contribution in [0.3, 0.4) is 0 Å². The van der Waals surface area contributed by atoms with Crippen molar-refractivity contribution in [2.75, 3.05) is 5.32 Å². The molecule has 136 valence electrons. The molecule has 1 aromatic carbocycles. The third kappa shape index (κ3) is 3.80. The van der Waals surface area contributed by atoms with Crippen LogP contribution in [0.2, 0.25) is 0 Å². The van der Waals surface area contributed by atoms with E-state index in [2.05, 4.69) is 17.6 Å². The topological polar surface area (TPSA) is 78.4 Å². The predicted octanol–water partition coefficient (Wildman–Crippen LogP) is 4.33. The van der Waals surface area contributed by atoms with Crippen molar-refractivity contribution in [3.63, 3.8) is 0 Å². The summed E-state index contributed by atoms with van der Waals surface area (Å²) in [6, 6.07) is 7.28. The van der Waals surface area contributed by atoms with Crippen molar-refractivity contribution in [1.29, 1.82) is 0 Å². The lowest BCUT2D eigenvalue weighted by Crippen LogP contribution is -2.67. The standard InChI is InChI=1S/C20H28N2O3/c1-2-6-15-7-9-16(10-8-15)21-18(25)22-20(17(23)24)13-19(14-20)11-4-3-5-12-19/h7-10H,2-6,11-14H2,1H3,(H,23,24)(H2,21,22,25). The van der Waals surface area contributed by atoms with E-state index in [1.54, 1.807) is 0 Å². The molecule has 1 spiro atoms. The van der Waals surface area contributed by atoms with Crippen molar-refractivity contribution >= 4 is 17.7 Å². The first-order valence-electron chi connectivity index (χ1n) is 9.39. The van der Waals surface area contributed by atoms with Crippen LogP contribution in [0.15, 0.2) is 24.3 Å². The number of aryl methyl sites for hydroxylation is 1. The largest absolute Gasteiger partial charge is 0.480 e. The quantitative estimate of drug-likeness (QED) is 0.744. The van der Waals surface area contributed by atoms with Gasteiger partial charge in [0.05, 0.1) is 0 Å². The summed E-state index contributed by atoms with van der Waals surface area (Å²) < 4.78 is 0. The smallest absolute Gasteiger partial charge is 0.329 e. The number of carboxylic acids is 1. The van der Waals surface area contributed by atoms with Crippen LogP contribution in [-0.2, 0) is 11.2 Å². The number of carbonyl (C=O) groups is 2. The van der Waals surface area contributed by atoms with Crippen LogP contribution in [0.4, 0.5) is 10.5 Å². The van der Waals surface area contributed by atoms with E-state index in [-0.39, 0.29) is 5.41 Å². The van der Waals surface area contributed by atoms with E-state index in [0.29, 0.717) is 18.5 Å². The maximum Gasteiger partial charge on any atom is 0.329 e. The van der Waals surface area contributed by atoms with Gasteiger partial charge in [-0.3, -0.25) is 0 Å². The molecular weight excluding hydrogens is 316 g/mol. The van der Waals surface area contributed by atoms with Gasteiger partial charge in [-0.25, -0.2) is 9.59 Å². The van der Waals surface area contributed by atoms with Crippen LogP contribution in [0.1, 0.15) is 63.9 Å². The first kappa shape index (κ1) is 17.8. The zero-order chi connectivity index (χ0) is 17.9. The lowest BCUT2D eigenvalue weighted by Gasteiger charge is -2.55. The molecule has 0 atom stereocenters. The van der Waals surface area contributed by atoms with E-state index in [9.17, 15) is 14.7 Å². The highest BCUT2D eigenvalue weighted by atomic mass is 16.4. The highest BCUT2D eigenvalue weighted by molar-refractivity contribution is 5.94. The zero-order valence-electron chi connectivity index (χ0n) is 14.9. The van der Waals surface area contributed by atoms with Crippen LogP contribution in [0, 0.1) is 5.41 Å². The summed E-state index contributed by atoms with van der Waals surface area (Å²) in [6.45, 7) is 2.13. The Hall–Kier alpha value is -2.04. The van der Waals surface area contributed by atoms with Crippen LogP contribution in [0.5, 0.6) is 0 Å². The number of rotatable bonds is 5. The van der Waals surface area contributed by atoms with Gasteiger partial charge in [0.15, 0.2) is 0 Å². The fraction of sp³-hybridized carbons (Fsp3) is 0.600. The van der Waals surface area contributed by atoms with Crippen LogP contribution >= 0.6 is 0 Å². The van der Waals surface area contributed by atoms with E-state index < -0.39 is 17.5 Å². The summed E-state index contributed by atoms with van der Waals surface area (Å²) in [6.07, 6.45) is 8.96. The molecule has 5 heteroatoms. The Morgan fingerprint density at radius 2 is 1.72 bits per heavy atom. The molecule has 2 aliphatic rings. The average molecular weight is 344 g/mol. The Morgan fingerprint density at radius 1 is 1.08 bits per heavy atom. The first-order chi connectivity index (χ1) is 12.0. The van der Waals surface area contributed by atoms with E-state index >= 15 is 0 Å². The highest BCUT2D eigenvalue weighted by Gasteiger charge is 2.59. The van der Waals surface area contributed by atoms with Gasteiger partial charge in [0.1, 0.15) is 5.54 Å². The molecule has 5 nitrogen and oxygen atoms in total. The average Bonchev–Trinajstić information content (AvgIpc) is 2.56. The molecule has 2 saturated carbocycles. The van der Waals surface area contributed by atoms with Crippen molar-refractivity contribution in [3.8, 4) is 0 Å². The van der Waals surface area contributed by atoms with Gasteiger partial charge >= 0.3 is 12.0 Å². The lowest BCUT2D eigenvalue weighted by atomic mass is 9.52. The first-order valence-corrected chi connectivity index (χ1v) is 9.39. The number of aliphatic carboxylic acids is 1. The normalized spacial score (nSPS) is 20.5. The maximum atomic E-state index is 12.3. The predicted molar refractivity (Wildman–Crippen MR) is 97.7 cm³/mol. The molecule has 0 bridgehead atoms. The molecule has 3 N–H and O–H groups in total. The minimum absolute atomic E-state index is 0.131. The molecule has 0 radical (unpaired) electrons. The fourth-order valence-electron chi connectivity index (χ4n) is 4.60. The molecule has 0 aromatic heterocycles. The summed E-state index contributed by atoms with van der Waals surface area (Å²) in [4.78, 5) is 24.1. The van der Waals surface area contributed by atoms with Gasteiger partial charge in [-0.05, 0) is 55.2 Å². The molecule has 1 aromatic rings. The van der Waals surface area contributed by atoms with E-state index in [4.69, 9.17) is 0 Å². The molecule has 3 rings (SSSR count). The Kier molecular flexibility index (Phi) is 5.02. The molecule has 2 aliphatic carbocycles.